The Hall–Kier alpha value is -1.42. The van der Waals surface area contributed by atoms with E-state index in [1.165, 1.54) is 0 Å². The summed E-state index contributed by atoms with van der Waals surface area (Å²) in [4.78, 5) is 8.56. The van der Waals surface area contributed by atoms with Crippen LogP contribution in [0.5, 0.6) is 5.88 Å². The van der Waals surface area contributed by atoms with E-state index in [1.807, 2.05) is 13.0 Å². The molecule has 0 N–H and O–H groups in total. The van der Waals surface area contributed by atoms with Gasteiger partial charge in [-0.15, -0.1) is 0 Å². The minimum absolute atomic E-state index is 0.624. The zero-order valence-electron chi connectivity index (χ0n) is 8.77. The van der Waals surface area contributed by atoms with E-state index in [2.05, 4.69) is 9.97 Å². The fourth-order valence-electron chi connectivity index (χ4n) is 1.46. The minimum Gasteiger partial charge on any atom is -0.478 e. The fraction of sp³-hybridized carbons (Fsp3) is 0.455. The molecule has 15 heavy (non-hydrogen) atoms. The Morgan fingerprint density at radius 2 is 2.47 bits per heavy atom. The summed E-state index contributed by atoms with van der Waals surface area (Å²) in [5, 5.41) is 0. The fourth-order valence-corrected chi connectivity index (χ4v) is 1.46. The third-order valence-electron chi connectivity index (χ3n) is 2.17. The van der Waals surface area contributed by atoms with Gasteiger partial charge in [0.15, 0.2) is 5.82 Å². The number of ether oxygens (including phenoxy) is 2. The number of hydrogen-bond donors (Lipinski definition) is 0. The average Bonchev–Trinajstić information content (AvgIpc) is 2.31. The summed E-state index contributed by atoms with van der Waals surface area (Å²) >= 11 is 0. The van der Waals surface area contributed by atoms with Gasteiger partial charge in [-0.05, 0) is 18.9 Å². The summed E-state index contributed by atoms with van der Waals surface area (Å²) in [5.41, 5.74) is 1.14. The molecule has 0 atom stereocenters. The molecular weight excluding hydrogens is 192 g/mol. The summed E-state index contributed by atoms with van der Waals surface area (Å²) in [6.45, 7) is 3.96. The molecule has 0 bridgehead atoms. The van der Waals surface area contributed by atoms with Gasteiger partial charge in [-0.1, -0.05) is 6.08 Å². The predicted octanol–water partition coefficient (Wildman–Crippen LogP) is 1.68. The van der Waals surface area contributed by atoms with Crippen molar-refractivity contribution >= 4 is 5.57 Å². The maximum Gasteiger partial charge on any atom is 0.216 e. The third kappa shape index (κ3) is 2.53. The third-order valence-corrected chi connectivity index (χ3v) is 2.17. The van der Waals surface area contributed by atoms with Crippen LogP contribution in [-0.2, 0) is 4.74 Å². The van der Waals surface area contributed by atoms with Crippen molar-refractivity contribution in [2.45, 2.75) is 13.3 Å². The highest BCUT2D eigenvalue weighted by Gasteiger charge is 2.09. The Morgan fingerprint density at radius 3 is 3.20 bits per heavy atom. The van der Waals surface area contributed by atoms with Crippen molar-refractivity contribution < 1.29 is 9.47 Å². The number of nitrogens with zero attached hydrogens (tertiary/aromatic N) is 2. The lowest BCUT2D eigenvalue weighted by molar-refractivity contribution is 0.161. The highest BCUT2D eigenvalue weighted by Crippen LogP contribution is 2.19. The number of hydrogen-bond acceptors (Lipinski definition) is 4. The molecule has 2 rings (SSSR count). The molecule has 80 valence electrons. The number of rotatable bonds is 3. The molecule has 0 fully saturated rings. The lowest BCUT2D eigenvalue weighted by Crippen LogP contribution is -2.07. The van der Waals surface area contributed by atoms with E-state index in [9.17, 15) is 0 Å². The van der Waals surface area contributed by atoms with Crippen LogP contribution in [0.1, 0.15) is 19.2 Å². The van der Waals surface area contributed by atoms with Gasteiger partial charge in [0, 0.05) is 12.3 Å². The van der Waals surface area contributed by atoms with Crippen molar-refractivity contribution in [3.8, 4) is 5.88 Å². The standard InChI is InChI=1S/C11H14N2O2/c1-2-15-10-3-6-12-11(13-10)9-4-7-14-8-5-9/h3-4,6H,2,5,7-8H2,1H3. The van der Waals surface area contributed by atoms with Gasteiger partial charge in [-0.25, -0.2) is 4.98 Å². The van der Waals surface area contributed by atoms with Crippen molar-refractivity contribution in [3.63, 3.8) is 0 Å². The van der Waals surface area contributed by atoms with Gasteiger partial charge in [0.05, 0.1) is 19.8 Å². The molecule has 0 saturated heterocycles. The molecule has 0 radical (unpaired) electrons. The Balaban J connectivity index is 2.20. The SMILES string of the molecule is CCOc1ccnc(C2=CCOCC2)n1. The zero-order valence-corrected chi connectivity index (χ0v) is 8.77. The summed E-state index contributed by atoms with van der Waals surface area (Å²) in [6, 6.07) is 1.77. The Morgan fingerprint density at radius 1 is 1.53 bits per heavy atom. The second-order valence-corrected chi connectivity index (χ2v) is 3.21. The van der Waals surface area contributed by atoms with Crippen LogP contribution in [0.2, 0.25) is 0 Å². The van der Waals surface area contributed by atoms with Crippen LogP contribution >= 0.6 is 0 Å². The van der Waals surface area contributed by atoms with Crippen LogP contribution in [0.25, 0.3) is 5.57 Å². The second-order valence-electron chi connectivity index (χ2n) is 3.21. The van der Waals surface area contributed by atoms with E-state index in [1.54, 1.807) is 12.3 Å². The van der Waals surface area contributed by atoms with Crippen LogP contribution in [0.3, 0.4) is 0 Å². The Labute approximate surface area is 89.0 Å². The summed E-state index contributed by atoms with van der Waals surface area (Å²) in [7, 11) is 0. The monoisotopic (exact) mass is 206 g/mol. The van der Waals surface area contributed by atoms with Crippen LogP contribution in [-0.4, -0.2) is 29.8 Å². The molecule has 1 aliphatic heterocycles. The predicted molar refractivity (Wildman–Crippen MR) is 56.6 cm³/mol. The molecular formula is C11H14N2O2. The van der Waals surface area contributed by atoms with Gasteiger partial charge < -0.3 is 9.47 Å². The van der Waals surface area contributed by atoms with E-state index in [0.717, 1.165) is 24.4 Å². The first kappa shape index (κ1) is 10.1. The molecule has 0 amide bonds. The molecule has 0 unspecified atom stereocenters. The van der Waals surface area contributed by atoms with Gasteiger partial charge in [-0.2, -0.15) is 4.98 Å². The number of aromatic nitrogens is 2. The van der Waals surface area contributed by atoms with Crippen LogP contribution in [0.15, 0.2) is 18.3 Å². The molecule has 0 saturated carbocycles. The van der Waals surface area contributed by atoms with Crippen molar-refractivity contribution in [1.29, 1.82) is 0 Å². The molecule has 0 spiro atoms. The molecule has 1 aliphatic rings. The maximum absolute atomic E-state index is 5.33. The van der Waals surface area contributed by atoms with Crippen molar-refractivity contribution in [2.75, 3.05) is 19.8 Å². The van der Waals surface area contributed by atoms with Crippen LogP contribution in [0.4, 0.5) is 0 Å². The molecule has 0 aromatic carbocycles. The smallest absolute Gasteiger partial charge is 0.216 e. The summed E-state index contributed by atoms with van der Waals surface area (Å²) in [6.07, 6.45) is 4.62. The highest BCUT2D eigenvalue weighted by atomic mass is 16.5. The average molecular weight is 206 g/mol. The molecule has 1 aromatic heterocycles. The van der Waals surface area contributed by atoms with Gasteiger partial charge in [0.25, 0.3) is 0 Å². The zero-order chi connectivity index (χ0) is 10.5. The molecule has 4 nitrogen and oxygen atoms in total. The first-order valence-corrected chi connectivity index (χ1v) is 5.13. The topological polar surface area (TPSA) is 44.2 Å². The summed E-state index contributed by atoms with van der Waals surface area (Å²) < 4.78 is 10.6. The molecule has 2 heterocycles. The maximum atomic E-state index is 5.33. The molecule has 0 aliphatic carbocycles. The lowest BCUT2D eigenvalue weighted by Gasteiger charge is -2.12. The largest absolute Gasteiger partial charge is 0.478 e. The van der Waals surface area contributed by atoms with Gasteiger partial charge in [-0.3, -0.25) is 0 Å². The van der Waals surface area contributed by atoms with E-state index in [4.69, 9.17) is 9.47 Å². The van der Waals surface area contributed by atoms with Gasteiger partial charge in [0.2, 0.25) is 5.88 Å². The quantitative estimate of drug-likeness (QED) is 0.754. The van der Waals surface area contributed by atoms with Crippen molar-refractivity contribution in [3.05, 3.63) is 24.2 Å². The van der Waals surface area contributed by atoms with Gasteiger partial charge in [0.1, 0.15) is 0 Å². The summed E-state index contributed by atoms with van der Waals surface area (Å²) in [5.74, 6) is 1.39. The van der Waals surface area contributed by atoms with Crippen LogP contribution < -0.4 is 4.74 Å². The second kappa shape index (κ2) is 4.89. The lowest BCUT2D eigenvalue weighted by atomic mass is 10.1. The Kier molecular flexibility index (Phi) is 3.29. The van der Waals surface area contributed by atoms with Crippen LogP contribution in [0, 0.1) is 0 Å². The normalized spacial score (nSPS) is 15.9. The van der Waals surface area contributed by atoms with Crippen molar-refractivity contribution in [1.82, 2.24) is 9.97 Å². The van der Waals surface area contributed by atoms with Crippen molar-refractivity contribution in [2.24, 2.45) is 0 Å². The van der Waals surface area contributed by atoms with E-state index in [0.29, 0.717) is 19.1 Å². The minimum atomic E-state index is 0.624. The van der Waals surface area contributed by atoms with E-state index in [-0.39, 0.29) is 0 Å². The van der Waals surface area contributed by atoms with E-state index >= 15 is 0 Å². The van der Waals surface area contributed by atoms with Gasteiger partial charge >= 0.3 is 0 Å². The molecule has 1 aromatic rings. The van der Waals surface area contributed by atoms with E-state index < -0.39 is 0 Å². The Bertz CT molecular complexity index is 363. The first-order chi connectivity index (χ1) is 7.40. The first-order valence-electron chi connectivity index (χ1n) is 5.13. The highest BCUT2D eigenvalue weighted by molar-refractivity contribution is 5.60. The molecule has 4 heteroatoms.